The first-order chi connectivity index (χ1) is 6.61. The van der Waals surface area contributed by atoms with Gasteiger partial charge in [0.25, 0.3) is 0 Å². The molecule has 0 spiro atoms. The Morgan fingerprint density at radius 2 is 2.36 bits per heavy atom. The summed E-state index contributed by atoms with van der Waals surface area (Å²) in [5.74, 6) is 0. The van der Waals surface area contributed by atoms with Gasteiger partial charge in [-0.05, 0) is 26.2 Å². The maximum atomic E-state index is 11.3. The fourth-order valence-electron chi connectivity index (χ4n) is 1.24. The van der Waals surface area contributed by atoms with Crippen LogP contribution in [-0.2, 0) is 6.54 Å². The molecule has 0 unspecified atom stereocenters. The smallest absolute Gasteiger partial charge is 0.307 e. The third-order valence-electron chi connectivity index (χ3n) is 2.03. The zero-order chi connectivity index (χ0) is 10.6. The van der Waals surface area contributed by atoms with Crippen molar-refractivity contribution in [2.75, 3.05) is 0 Å². The van der Waals surface area contributed by atoms with Gasteiger partial charge in [-0.15, -0.1) is 0 Å². The van der Waals surface area contributed by atoms with Crippen molar-refractivity contribution in [2.24, 2.45) is 5.73 Å². The van der Waals surface area contributed by atoms with Crippen LogP contribution in [0.5, 0.6) is 0 Å². The minimum Gasteiger partial charge on any atom is -0.393 e. The van der Waals surface area contributed by atoms with Crippen LogP contribution in [0.25, 0.3) is 0 Å². The van der Waals surface area contributed by atoms with Crippen molar-refractivity contribution >= 4 is 28.5 Å². The summed E-state index contributed by atoms with van der Waals surface area (Å²) in [5.41, 5.74) is 6.41. The molecule has 2 N–H and O–H groups in total. The van der Waals surface area contributed by atoms with E-state index in [1.165, 1.54) is 11.3 Å². The molecular formula is C9H14N2OS2. The summed E-state index contributed by atoms with van der Waals surface area (Å²) >= 11 is 6.02. The Morgan fingerprint density at radius 3 is 2.86 bits per heavy atom. The van der Waals surface area contributed by atoms with Crippen LogP contribution in [0.15, 0.2) is 10.2 Å². The molecule has 0 aliphatic carbocycles. The molecule has 0 aromatic carbocycles. The Balaban J connectivity index is 2.38. The number of nitrogens with zero attached hydrogens (tertiary/aromatic N) is 1. The minimum atomic E-state index is 0.123. The summed E-state index contributed by atoms with van der Waals surface area (Å²) in [6.45, 7) is 2.72. The number of aryl methyl sites for hydroxylation is 1. The zero-order valence-electron chi connectivity index (χ0n) is 8.16. The van der Waals surface area contributed by atoms with E-state index >= 15 is 0 Å². The molecule has 0 aliphatic heterocycles. The molecule has 0 amide bonds. The average molecular weight is 230 g/mol. The standard InChI is InChI=1S/C9H14N2OS2/c1-7-6-14-9(12)11(7)5-3-2-4-8(10)13/h6H,2-5H2,1H3,(H2,10,13). The molecule has 1 heterocycles. The minimum absolute atomic E-state index is 0.123. The Labute approximate surface area is 92.6 Å². The second-order valence-corrected chi connectivity index (χ2v) is 4.56. The first-order valence-corrected chi connectivity index (χ1v) is 5.83. The lowest BCUT2D eigenvalue weighted by Gasteiger charge is -2.03. The summed E-state index contributed by atoms with van der Waals surface area (Å²) in [6.07, 6.45) is 2.68. The second kappa shape index (κ2) is 5.26. The van der Waals surface area contributed by atoms with Gasteiger partial charge in [0.15, 0.2) is 0 Å². The molecule has 5 heteroatoms. The van der Waals surface area contributed by atoms with Gasteiger partial charge in [0.2, 0.25) is 0 Å². The highest BCUT2D eigenvalue weighted by atomic mass is 32.1. The molecule has 0 fully saturated rings. The van der Waals surface area contributed by atoms with Crippen molar-refractivity contribution in [3.63, 3.8) is 0 Å². The van der Waals surface area contributed by atoms with E-state index in [4.69, 9.17) is 18.0 Å². The van der Waals surface area contributed by atoms with E-state index in [0.717, 1.165) is 31.5 Å². The SMILES string of the molecule is Cc1csc(=O)n1CCCCC(N)=S. The molecule has 78 valence electrons. The number of thiocarbonyl (C=S) groups is 1. The highest BCUT2D eigenvalue weighted by Gasteiger charge is 2.01. The van der Waals surface area contributed by atoms with Crippen molar-refractivity contribution in [1.82, 2.24) is 4.57 Å². The number of aromatic nitrogens is 1. The van der Waals surface area contributed by atoms with Crippen molar-refractivity contribution in [1.29, 1.82) is 0 Å². The predicted molar refractivity (Wildman–Crippen MR) is 64.0 cm³/mol. The highest BCUT2D eigenvalue weighted by Crippen LogP contribution is 2.03. The van der Waals surface area contributed by atoms with Gasteiger partial charge in [-0.1, -0.05) is 23.6 Å². The van der Waals surface area contributed by atoms with Gasteiger partial charge < -0.3 is 10.3 Å². The Kier molecular flexibility index (Phi) is 4.28. The fraction of sp³-hybridized carbons (Fsp3) is 0.556. The quantitative estimate of drug-likeness (QED) is 0.618. The van der Waals surface area contributed by atoms with Crippen LogP contribution >= 0.6 is 23.6 Å². The highest BCUT2D eigenvalue weighted by molar-refractivity contribution is 7.80. The molecule has 0 atom stereocenters. The largest absolute Gasteiger partial charge is 0.393 e. The third-order valence-corrected chi connectivity index (χ3v) is 3.12. The summed E-state index contributed by atoms with van der Waals surface area (Å²) in [5, 5.41) is 1.88. The molecule has 0 saturated heterocycles. The predicted octanol–water partition coefficient (Wildman–Crippen LogP) is 1.67. The average Bonchev–Trinajstić information content (AvgIpc) is 2.42. The molecular weight excluding hydrogens is 216 g/mol. The van der Waals surface area contributed by atoms with E-state index in [2.05, 4.69) is 0 Å². The van der Waals surface area contributed by atoms with E-state index in [9.17, 15) is 4.79 Å². The Hall–Kier alpha value is -0.680. The lowest BCUT2D eigenvalue weighted by molar-refractivity contribution is 0.601. The zero-order valence-corrected chi connectivity index (χ0v) is 9.79. The molecule has 1 aromatic heterocycles. The second-order valence-electron chi connectivity index (χ2n) is 3.22. The van der Waals surface area contributed by atoms with Crippen LogP contribution in [0.2, 0.25) is 0 Å². The number of unbranched alkanes of at least 4 members (excludes halogenated alkanes) is 1. The maximum Gasteiger partial charge on any atom is 0.307 e. The van der Waals surface area contributed by atoms with Gasteiger partial charge in [-0.3, -0.25) is 4.79 Å². The van der Waals surface area contributed by atoms with Crippen LogP contribution in [0.4, 0.5) is 0 Å². The monoisotopic (exact) mass is 230 g/mol. The van der Waals surface area contributed by atoms with E-state index in [1.807, 2.05) is 12.3 Å². The third kappa shape index (κ3) is 3.23. The van der Waals surface area contributed by atoms with Gasteiger partial charge in [0.05, 0.1) is 4.99 Å². The van der Waals surface area contributed by atoms with Crippen LogP contribution < -0.4 is 10.6 Å². The van der Waals surface area contributed by atoms with Crippen molar-refractivity contribution in [3.8, 4) is 0 Å². The fourth-order valence-corrected chi connectivity index (χ4v) is 2.15. The van der Waals surface area contributed by atoms with Crippen molar-refractivity contribution in [3.05, 3.63) is 20.7 Å². The van der Waals surface area contributed by atoms with Gasteiger partial charge in [-0.25, -0.2) is 0 Å². The summed E-state index contributed by atoms with van der Waals surface area (Å²) < 4.78 is 1.80. The first kappa shape index (κ1) is 11.4. The van der Waals surface area contributed by atoms with Gasteiger partial charge >= 0.3 is 4.87 Å². The van der Waals surface area contributed by atoms with Crippen molar-refractivity contribution in [2.45, 2.75) is 32.7 Å². The number of hydrogen-bond donors (Lipinski definition) is 1. The van der Waals surface area contributed by atoms with Gasteiger partial charge in [-0.2, -0.15) is 0 Å². The van der Waals surface area contributed by atoms with Crippen LogP contribution in [-0.4, -0.2) is 9.56 Å². The van der Waals surface area contributed by atoms with Gasteiger partial charge in [0.1, 0.15) is 0 Å². The molecule has 14 heavy (non-hydrogen) atoms. The molecule has 1 rings (SSSR count). The number of nitrogens with two attached hydrogens (primary N) is 1. The van der Waals surface area contributed by atoms with E-state index in [1.54, 1.807) is 4.57 Å². The van der Waals surface area contributed by atoms with Crippen LogP contribution in [0.1, 0.15) is 25.0 Å². The Morgan fingerprint density at radius 1 is 1.64 bits per heavy atom. The number of hydrogen-bond acceptors (Lipinski definition) is 3. The molecule has 0 aliphatic rings. The lowest BCUT2D eigenvalue weighted by Crippen LogP contribution is -2.15. The number of thiazole rings is 1. The first-order valence-electron chi connectivity index (χ1n) is 4.54. The summed E-state index contributed by atoms with van der Waals surface area (Å²) in [6, 6.07) is 0. The van der Waals surface area contributed by atoms with E-state index in [0.29, 0.717) is 4.99 Å². The van der Waals surface area contributed by atoms with E-state index < -0.39 is 0 Å². The molecule has 1 aromatic rings. The van der Waals surface area contributed by atoms with Crippen molar-refractivity contribution < 1.29 is 0 Å². The van der Waals surface area contributed by atoms with Crippen LogP contribution in [0, 0.1) is 6.92 Å². The maximum absolute atomic E-state index is 11.3. The normalized spacial score (nSPS) is 10.4. The Bertz CT molecular complexity index is 367. The summed E-state index contributed by atoms with van der Waals surface area (Å²) in [7, 11) is 0. The lowest BCUT2D eigenvalue weighted by atomic mass is 10.2. The molecule has 0 saturated carbocycles. The molecule has 3 nitrogen and oxygen atoms in total. The topological polar surface area (TPSA) is 48.0 Å². The van der Waals surface area contributed by atoms with E-state index in [-0.39, 0.29) is 4.87 Å². The van der Waals surface area contributed by atoms with Crippen LogP contribution in [0.3, 0.4) is 0 Å². The van der Waals surface area contributed by atoms with Gasteiger partial charge in [0, 0.05) is 17.6 Å². The molecule has 0 bridgehead atoms. The molecule has 0 radical (unpaired) electrons. The number of rotatable bonds is 5. The summed E-state index contributed by atoms with van der Waals surface area (Å²) in [4.78, 5) is 12.0.